The van der Waals surface area contributed by atoms with Crippen molar-refractivity contribution in [3.8, 4) is 0 Å². The smallest absolute Gasteiger partial charge is 0.374 e. The molecule has 0 rings (SSSR count). The second kappa shape index (κ2) is 12.6. The van der Waals surface area contributed by atoms with Crippen LogP contribution in [0, 0.1) is 0 Å². The standard InChI is InChI=1S/C16H28O4/c1-2-3-4-5-6-7-8-9-10-11-12-13-14(17)15(18)16(19)20/h12-13,17-18H,2-11H2,1H3,(H,19,20). The Balaban J connectivity index is 3.49. The van der Waals surface area contributed by atoms with Crippen LogP contribution in [0.3, 0.4) is 0 Å². The molecular weight excluding hydrogens is 256 g/mol. The first-order valence-electron chi connectivity index (χ1n) is 7.61. The van der Waals surface area contributed by atoms with Crippen LogP contribution in [0.5, 0.6) is 0 Å². The molecule has 0 aromatic carbocycles. The van der Waals surface area contributed by atoms with E-state index in [9.17, 15) is 9.90 Å². The highest BCUT2D eigenvalue weighted by molar-refractivity contribution is 5.84. The number of aliphatic hydroxyl groups is 2. The molecule has 0 unspecified atom stereocenters. The summed E-state index contributed by atoms with van der Waals surface area (Å²) >= 11 is 0. The van der Waals surface area contributed by atoms with E-state index in [-0.39, 0.29) is 0 Å². The molecule has 0 aromatic heterocycles. The van der Waals surface area contributed by atoms with Crippen molar-refractivity contribution in [3.05, 3.63) is 23.7 Å². The van der Waals surface area contributed by atoms with Crippen LogP contribution in [-0.4, -0.2) is 21.3 Å². The number of carbonyl (C=O) groups is 1. The molecule has 4 nitrogen and oxygen atoms in total. The van der Waals surface area contributed by atoms with Gasteiger partial charge in [0.05, 0.1) is 0 Å². The molecule has 0 saturated heterocycles. The molecule has 0 bridgehead atoms. The third-order valence-electron chi connectivity index (χ3n) is 3.20. The van der Waals surface area contributed by atoms with E-state index >= 15 is 0 Å². The van der Waals surface area contributed by atoms with Gasteiger partial charge in [0.15, 0.2) is 5.76 Å². The van der Waals surface area contributed by atoms with Crippen molar-refractivity contribution in [1.29, 1.82) is 0 Å². The monoisotopic (exact) mass is 284 g/mol. The summed E-state index contributed by atoms with van der Waals surface area (Å²) in [6.07, 6.45) is 15.0. The van der Waals surface area contributed by atoms with Gasteiger partial charge in [-0.15, -0.1) is 0 Å². The Labute approximate surface area is 121 Å². The molecule has 0 aliphatic carbocycles. The summed E-state index contributed by atoms with van der Waals surface area (Å²) in [4.78, 5) is 10.3. The van der Waals surface area contributed by atoms with Crippen LogP contribution < -0.4 is 0 Å². The van der Waals surface area contributed by atoms with Crippen LogP contribution in [0.1, 0.15) is 71.1 Å². The molecule has 0 spiro atoms. The van der Waals surface area contributed by atoms with Gasteiger partial charge in [-0.3, -0.25) is 0 Å². The number of rotatable bonds is 12. The molecule has 20 heavy (non-hydrogen) atoms. The van der Waals surface area contributed by atoms with E-state index in [2.05, 4.69) is 6.92 Å². The van der Waals surface area contributed by atoms with Crippen LogP contribution >= 0.6 is 0 Å². The Hall–Kier alpha value is -1.45. The normalized spacial score (nSPS) is 12.7. The molecule has 0 radical (unpaired) electrons. The van der Waals surface area contributed by atoms with Gasteiger partial charge in [0.2, 0.25) is 5.76 Å². The van der Waals surface area contributed by atoms with Crippen molar-refractivity contribution in [2.24, 2.45) is 0 Å². The Bertz CT molecular complexity index is 318. The van der Waals surface area contributed by atoms with E-state index in [1.54, 1.807) is 6.08 Å². The molecule has 0 heterocycles. The molecule has 0 aliphatic rings. The number of hydrogen-bond acceptors (Lipinski definition) is 3. The summed E-state index contributed by atoms with van der Waals surface area (Å²) in [5, 5.41) is 26.6. The van der Waals surface area contributed by atoms with Crippen molar-refractivity contribution >= 4 is 5.97 Å². The molecule has 3 N–H and O–H groups in total. The Morgan fingerprint density at radius 1 is 0.850 bits per heavy atom. The SMILES string of the molecule is CCCCCCCCCCCC=CC(O)=C(O)C(=O)O. The topological polar surface area (TPSA) is 77.8 Å². The number of aliphatic carboxylic acids is 1. The number of aliphatic hydroxyl groups excluding tert-OH is 2. The molecule has 4 heteroatoms. The maximum absolute atomic E-state index is 10.3. The molecule has 0 aromatic rings. The van der Waals surface area contributed by atoms with Gasteiger partial charge >= 0.3 is 5.97 Å². The first kappa shape index (κ1) is 18.6. The highest BCUT2D eigenvalue weighted by atomic mass is 16.4. The van der Waals surface area contributed by atoms with Gasteiger partial charge in [0.25, 0.3) is 0 Å². The Kier molecular flexibility index (Phi) is 11.7. The fourth-order valence-electron chi connectivity index (χ4n) is 1.96. The number of unbranched alkanes of at least 4 members (excludes halogenated alkanes) is 9. The lowest BCUT2D eigenvalue weighted by Gasteiger charge is -2.00. The third-order valence-corrected chi connectivity index (χ3v) is 3.20. The van der Waals surface area contributed by atoms with Gasteiger partial charge in [0, 0.05) is 0 Å². The zero-order valence-electron chi connectivity index (χ0n) is 12.5. The molecule has 0 saturated carbocycles. The fraction of sp³-hybridized carbons (Fsp3) is 0.688. The van der Waals surface area contributed by atoms with Gasteiger partial charge in [-0.25, -0.2) is 4.79 Å². The fourth-order valence-corrected chi connectivity index (χ4v) is 1.96. The van der Waals surface area contributed by atoms with E-state index in [4.69, 9.17) is 10.2 Å². The van der Waals surface area contributed by atoms with Gasteiger partial charge in [0.1, 0.15) is 0 Å². The van der Waals surface area contributed by atoms with Crippen molar-refractivity contribution in [2.45, 2.75) is 71.1 Å². The van der Waals surface area contributed by atoms with Gasteiger partial charge in [-0.2, -0.15) is 0 Å². The quantitative estimate of drug-likeness (QED) is 0.207. The average Bonchev–Trinajstić information content (AvgIpc) is 2.43. The van der Waals surface area contributed by atoms with Crippen LogP contribution in [-0.2, 0) is 4.79 Å². The minimum atomic E-state index is -1.52. The van der Waals surface area contributed by atoms with E-state index in [1.165, 1.54) is 51.0 Å². The molecular formula is C16H28O4. The lowest BCUT2D eigenvalue weighted by Crippen LogP contribution is -2.02. The Morgan fingerprint density at radius 2 is 1.35 bits per heavy atom. The maximum atomic E-state index is 10.3. The van der Waals surface area contributed by atoms with Crippen LogP contribution in [0.2, 0.25) is 0 Å². The van der Waals surface area contributed by atoms with Crippen molar-refractivity contribution < 1.29 is 20.1 Å². The van der Waals surface area contributed by atoms with Crippen LogP contribution in [0.15, 0.2) is 23.7 Å². The van der Waals surface area contributed by atoms with Gasteiger partial charge in [-0.1, -0.05) is 64.4 Å². The number of carboxylic acids is 1. The molecule has 0 fully saturated rings. The molecule has 0 atom stereocenters. The summed E-state index contributed by atoms with van der Waals surface area (Å²) in [6, 6.07) is 0. The minimum Gasteiger partial charge on any atom is -0.504 e. The Morgan fingerprint density at radius 3 is 1.85 bits per heavy atom. The summed E-state index contributed by atoms with van der Waals surface area (Å²) in [5.74, 6) is -3.11. The zero-order chi connectivity index (χ0) is 15.2. The summed E-state index contributed by atoms with van der Waals surface area (Å²) < 4.78 is 0. The molecule has 116 valence electrons. The first-order valence-corrected chi connectivity index (χ1v) is 7.61. The van der Waals surface area contributed by atoms with Crippen molar-refractivity contribution in [3.63, 3.8) is 0 Å². The number of allylic oxidation sites excluding steroid dienone is 2. The molecule has 0 aliphatic heterocycles. The summed E-state index contributed by atoms with van der Waals surface area (Å²) in [5.41, 5.74) is 0. The minimum absolute atomic E-state index is 0.589. The maximum Gasteiger partial charge on any atom is 0.374 e. The highest BCUT2D eigenvalue weighted by Crippen LogP contribution is 2.11. The molecule has 0 amide bonds. The summed E-state index contributed by atoms with van der Waals surface area (Å²) in [7, 11) is 0. The number of hydrogen-bond donors (Lipinski definition) is 3. The van der Waals surface area contributed by atoms with E-state index in [0.717, 1.165) is 19.3 Å². The zero-order valence-corrected chi connectivity index (χ0v) is 12.5. The predicted molar refractivity (Wildman–Crippen MR) is 80.9 cm³/mol. The van der Waals surface area contributed by atoms with E-state index in [1.807, 2.05) is 0 Å². The first-order chi connectivity index (χ1) is 9.59. The second-order valence-electron chi connectivity index (χ2n) is 5.06. The van der Waals surface area contributed by atoms with Gasteiger partial charge < -0.3 is 15.3 Å². The number of carboxylic acid groups (broad SMARTS) is 1. The van der Waals surface area contributed by atoms with E-state index < -0.39 is 17.5 Å². The van der Waals surface area contributed by atoms with Crippen molar-refractivity contribution in [2.75, 3.05) is 0 Å². The van der Waals surface area contributed by atoms with Crippen molar-refractivity contribution in [1.82, 2.24) is 0 Å². The third kappa shape index (κ3) is 10.5. The van der Waals surface area contributed by atoms with E-state index in [0.29, 0.717) is 0 Å². The lowest BCUT2D eigenvalue weighted by atomic mass is 10.1. The highest BCUT2D eigenvalue weighted by Gasteiger charge is 2.08. The van der Waals surface area contributed by atoms with Crippen LogP contribution in [0.25, 0.3) is 0 Å². The lowest BCUT2D eigenvalue weighted by molar-refractivity contribution is -0.135. The van der Waals surface area contributed by atoms with Crippen LogP contribution in [0.4, 0.5) is 0 Å². The largest absolute Gasteiger partial charge is 0.504 e. The summed E-state index contributed by atoms with van der Waals surface area (Å²) in [6.45, 7) is 2.22. The predicted octanol–water partition coefficient (Wildman–Crippen LogP) is 4.88. The van der Waals surface area contributed by atoms with Gasteiger partial charge in [-0.05, 0) is 18.9 Å². The second-order valence-corrected chi connectivity index (χ2v) is 5.06. The average molecular weight is 284 g/mol.